The van der Waals surface area contributed by atoms with Gasteiger partial charge in [0.2, 0.25) is 0 Å². The lowest BCUT2D eigenvalue weighted by Crippen LogP contribution is -2.55. The monoisotopic (exact) mass is 295 g/mol. The van der Waals surface area contributed by atoms with Crippen molar-refractivity contribution in [2.24, 2.45) is 5.92 Å². The molecule has 0 aromatic heterocycles. The zero-order valence-corrected chi connectivity index (χ0v) is 13.1. The van der Waals surface area contributed by atoms with E-state index in [0.717, 1.165) is 32.1 Å². The zero-order chi connectivity index (χ0) is 16.0. The van der Waals surface area contributed by atoms with E-state index >= 15 is 0 Å². The Balaban J connectivity index is 2.84. The van der Waals surface area contributed by atoms with Crippen LogP contribution in [0.3, 0.4) is 0 Å². The molecule has 118 valence electrons. The minimum absolute atomic E-state index is 0.0170. The van der Waals surface area contributed by atoms with Gasteiger partial charge in [-0.2, -0.15) is 5.26 Å². The van der Waals surface area contributed by atoms with Gasteiger partial charge in [0.1, 0.15) is 0 Å². The molecule has 1 fully saturated rings. The van der Waals surface area contributed by atoms with Crippen LogP contribution in [0.5, 0.6) is 0 Å². The van der Waals surface area contributed by atoms with Crippen LogP contribution in [0.25, 0.3) is 0 Å². The van der Waals surface area contributed by atoms with Crippen molar-refractivity contribution in [2.45, 2.75) is 51.0 Å². The van der Waals surface area contributed by atoms with Crippen molar-refractivity contribution in [1.29, 1.82) is 5.26 Å². The Kier molecular flexibility index (Phi) is 6.01. The number of amides is 2. The molecule has 0 aliphatic heterocycles. The van der Waals surface area contributed by atoms with Crippen molar-refractivity contribution >= 4 is 12.0 Å². The first-order chi connectivity index (χ1) is 9.82. The number of urea groups is 1. The minimum Gasteiger partial charge on any atom is -0.481 e. The average Bonchev–Trinajstić information content (AvgIpc) is 2.45. The third-order valence-corrected chi connectivity index (χ3v) is 4.36. The Morgan fingerprint density at radius 1 is 1.29 bits per heavy atom. The summed E-state index contributed by atoms with van der Waals surface area (Å²) in [6, 6.07) is 1.90. The van der Waals surface area contributed by atoms with Crippen LogP contribution in [-0.2, 0) is 4.79 Å². The number of carbonyl (C=O) groups excluding carboxylic acids is 1. The van der Waals surface area contributed by atoms with E-state index in [1.807, 2.05) is 0 Å². The second-order valence-corrected chi connectivity index (χ2v) is 6.11. The molecule has 0 radical (unpaired) electrons. The first-order valence-electron chi connectivity index (χ1n) is 7.43. The Morgan fingerprint density at radius 3 is 2.33 bits per heavy atom. The lowest BCUT2D eigenvalue weighted by Gasteiger charge is -2.45. The van der Waals surface area contributed by atoms with Crippen LogP contribution in [0.4, 0.5) is 4.79 Å². The van der Waals surface area contributed by atoms with Gasteiger partial charge in [-0.1, -0.05) is 19.3 Å². The van der Waals surface area contributed by atoms with Gasteiger partial charge in [0.25, 0.3) is 0 Å². The van der Waals surface area contributed by atoms with Gasteiger partial charge >= 0.3 is 12.0 Å². The van der Waals surface area contributed by atoms with Gasteiger partial charge in [-0.25, -0.2) is 4.79 Å². The van der Waals surface area contributed by atoms with Crippen molar-refractivity contribution < 1.29 is 14.7 Å². The second kappa shape index (κ2) is 7.30. The highest BCUT2D eigenvalue weighted by atomic mass is 16.4. The number of carboxylic acids is 1. The Labute approximate surface area is 126 Å². The molecule has 0 heterocycles. The summed E-state index contributed by atoms with van der Waals surface area (Å²) in [5.74, 6) is -1.11. The van der Waals surface area contributed by atoms with Crippen LogP contribution in [0.2, 0.25) is 0 Å². The summed E-state index contributed by atoms with van der Waals surface area (Å²) < 4.78 is 0. The van der Waals surface area contributed by atoms with E-state index < -0.39 is 11.5 Å². The molecule has 0 aromatic carbocycles. The van der Waals surface area contributed by atoms with Gasteiger partial charge in [-0.15, -0.1) is 0 Å². The summed E-state index contributed by atoms with van der Waals surface area (Å²) in [5, 5.41) is 18.0. The van der Waals surface area contributed by atoms with Crippen molar-refractivity contribution in [3.8, 4) is 6.07 Å². The average molecular weight is 295 g/mol. The topological polar surface area (TPSA) is 84.6 Å². The molecular weight excluding hydrogens is 270 g/mol. The first-order valence-corrected chi connectivity index (χ1v) is 7.43. The standard InChI is InChI=1S/C15H25N3O3/c1-12(10-16)11-17(2)14(21)18(3)15(9-13(19)20)7-5-4-6-8-15/h12H,4-9,11H2,1-3H3,(H,19,20). The Bertz CT molecular complexity index is 424. The SMILES string of the molecule is CC(C#N)CN(C)C(=O)N(C)C1(CC(=O)O)CCCCC1. The maximum atomic E-state index is 12.5. The maximum Gasteiger partial charge on any atom is 0.320 e. The fourth-order valence-corrected chi connectivity index (χ4v) is 3.11. The molecule has 6 nitrogen and oxygen atoms in total. The highest BCUT2D eigenvalue weighted by Crippen LogP contribution is 2.36. The molecule has 1 aliphatic rings. The molecule has 1 saturated carbocycles. The number of rotatable bonds is 5. The Hall–Kier alpha value is -1.77. The second-order valence-electron chi connectivity index (χ2n) is 6.11. The molecule has 0 bridgehead atoms. The number of nitrogens with zero attached hydrogens (tertiary/aromatic N) is 3. The predicted octanol–water partition coefficient (Wildman–Crippen LogP) is 2.31. The molecule has 1 atom stereocenters. The van der Waals surface area contributed by atoms with Gasteiger partial charge in [-0.05, 0) is 19.8 Å². The molecule has 1 unspecified atom stereocenters. The Morgan fingerprint density at radius 2 is 1.86 bits per heavy atom. The van der Waals surface area contributed by atoms with E-state index in [1.54, 1.807) is 25.9 Å². The van der Waals surface area contributed by atoms with Gasteiger partial charge < -0.3 is 14.9 Å². The molecule has 6 heteroatoms. The molecule has 0 aromatic rings. The number of aliphatic carboxylic acids is 1. The highest BCUT2D eigenvalue weighted by molar-refractivity contribution is 5.76. The zero-order valence-electron chi connectivity index (χ0n) is 13.1. The third kappa shape index (κ3) is 4.35. The molecule has 1 N–H and O–H groups in total. The van der Waals surface area contributed by atoms with E-state index in [-0.39, 0.29) is 18.4 Å². The highest BCUT2D eigenvalue weighted by Gasteiger charge is 2.41. The summed E-state index contributed by atoms with van der Waals surface area (Å²) in [4.78, 5) is 26.8. The molecular formula is C15H25N3O3. The van der Waals surface area contributed by atoms with Crippen molar-refractivity contribution in [3.05, 3.63) is 0 Å². The van der Waals surface area contributed by atoms with Crippen molar-refractivity contribution in [2.75, 3.05) is 20.6 Å². The van der Waals surface area contributed by atoms with Crippen molar-refractivity contribution in [3.63, 3.8) is 0 Å². The van der Waals surface area contributed by atoms with Gasteiger partial charge in [-0.3, -0.25) is 4.79 Å². The number of carboxylic acid groups (broad SMARTS) is 1. The number of nitriles is 1. The van der Waals surface area contributed by atoms with Crippen LogP contribution in [0.1, 0.15) is 45.4 Å². The van der Waals surface area contributed by atoms with Gasteiger partial charge in [0.15, 0.2) is 0 Å². The molecule has 2 amide bonds. The largest absolute Gasteiger partial charge is 0.481 e. The lowest BCUT2D eigenvalue weighted by atomic mass is 9.78. The fourth-order valence-electron chi connectivity index (χ4n) is 3.11. The minimum atomic E-state index is -0.871. The number of carbonyl (C=O) groups is 2. The van der Waals surface area contributed by atoms with Gasteiger partial charge in [0.05, 0.1) is 23.9 Å². The van der Waals surface area contributed by atoms with Crippen LogP contribution in [-0.4, -0.2) is 53.1 Å². The normalized spacial score (nSPS) is 18.4. The first kappa shape index (κ1) is 17.3. The molecule has 1 aliphatic carbocycles. The van der Waals surface area contributed by atoms with E-state index in [9.17, 15) is 14.7 Å². The number of hydrogen-bond acceptors (Lipinski definition) is 3. The molecule has 1 rings (SSSR count). The summed E-state index contributed by atoms with van der Waals surface area (Å²) in [6.07, 6.45) is 4.42. The summed E-state index contributed by atoms with van der Waals surface area (Å²) in [5.41, 5.74) is -0.592. The third-order valence-electron chi connectivity index (χ3n) is 4.36. The predicted molar refractivity (Wildman–Crippen MR) is 78.6 cm³/mol. The molecule has 0 saturated heterocycles. The quantitative estimate of drug-likeness (QED) is 0.843. The van der Waals surface area contributed by atoms with Crippen LogP contribution in [0.15, 0.2) is 0 Å². The smallest absolute Gasteiger partial charge is 0.320 e. The fraction of sp³-hybridized carbons (Fsp3) is 0.800. The van der Waals surface area contributed by atoms with E-state index in [4.69, 9.17) is 5.26 Å². The van der Waals surface area contributed by atoms with E-state index in [1.165, 1.54) is 4.90 Å². The van der Waals surface area contributed by atoms with Crippen LogP contribution in [0, 0.1) is 17.2 Å². The number of hydrogen-bond donors (Lipinski definition) is 1. The van der Waals surface area contributed by atoms with E-state index in [0.29, 0.717) is 6.54 Å². The molecule has 0 spiro atoms. The summed E-state index contributed by atoms with van der Waals surface area (Å²) in [6.45, 7) is 2.11. The van der Waals surface area contributed by atoms with Crippen LogP contribution >= 0.6 is 0 Å². The maximum absolute atomic E-state index is 12.5. The van der Waals surface area contributed by atoms with Gasteiger partial charge in [0, 0.05) is 20.6 Å². The molecule has 21 heavy (non-hydrogen) atoms. The summed E-state index contributed by atoms with van der Waals surface area (Å²) in [7, 11) is 3.34. The van der Waals surface area contributed by atoms with Crippen LogP contribution < -0.4 is 0 Å². The lowest BCUT2D eigenvalue weighted by molar-refractivity contribution is -0.140. The van der Waals surface area contributed by atoms with E-state index in [2.05, 4.69) is 6.07 Å². The summed E-state index contributed by atoms with van der Waals surface area (Å²) >= 11 is 0. The van der Waals surface area contributed by atoms with Crippen molar-refractivity contribution in [1.82, 2.24) is 9.80 Å².